The van der Waals surface area contributed by atoms with E-state index in [1.165, 1.54) is 0 Å². The standard InChI is InChI=1S/C29H41ClN2O5/c1-22-31-27(21-23-8-14-26(33)15-9-23)29(35)32(22)25-12-10-24(11-13-25)28(34)7-6-18-37-20-19-36-17-5-3-2-4-16-30/h8-9,14-15,21,24-25,33H,2-7,10-13,16-20H2,1H3/b27-21-. The number of amides is 1. The highest BCUT2D eigenvalue weighted by Gasteiger charge is 2.36. The van der Waals surface area contributed by atoms with Crippen LogP contribution in [0.25, 0.3) is 6.08 Å². The number of nitrogens with zero attached hydrogens (tertiary/aromatic N) is 2. The Hall–Kier alpha value is -2.22. The number of Topliss-reactive ketones (excluding diaryl/α,β-unsaturated/α-hetero) is 1. The molecule has 1 amide bonds. The Kier molecular flexibility index (Phi) is 12.6. The molecule has 1 aromatic rings. The van der Waals surface area contributed by atoms with Crippen LogP contribution in [0.3, 0.4) is 0 Å². The zero-order valence-electron chi connectivity index (χ0n) is 22.0. The van der Waals surface area contributed by atoms with Crippen LogP contribution in [0.4, 0.5) is 0 Å². The van der Waals surface area contributed by atoms with E-state index in [0.717, 1.165) is 75.8 Å². The average molecular weight is 533 g/mol. The van der Waals surface area contributed by atoms with Gasteiger partial charge in [0, 0.05) is 37.5 Å². The van der Waals surface area contributed by atoms with Gasteiger partial charge in [-0.25, -0.2) is 4.99 Å². The number of rotatable bonds is 16. The lowest BCUT2D eigenvalue weighted by Crippen LogP contribution is -2.43. The number of unbranched alkanes of at least 4 members (excludes halogenated alkanes) is 3. The number of ketones is 1. The van der Waals surface area contributed by atoms with Crippen molar-refractivity contribution < 1.29 is 24.2 Å². The topological polar surface area (TPSA) is 88.4 Å². The van der Waals surface area contributed by atoms with Gasteiger partial charge < -0.3 is 14.6 Å². The number of phenolic OH excluding ortho intramolecular Hbond substituents is 1. The lowest BCUT2D eigenvalue weighted by Gasteiger charge is -2.34. The van der Waals surface area contributed by atoms with Crippen LogP contribution in [0.15, 0.2) is 35.0 Å². The third-order valence-corrected chi connectivity index (χ3v) is 7.31. The van der Waals surface area contributed by atoms with E-state index in [4.69, 9.17) is 21.1 Å². The van der Waals surface area contributed by atoms with E-state index < -0.39 is 0 Å². The summed E-state index contributed by atoms with van der Waals surface area (Å²) in [6.45, 7) is 4.36. The number of halogens is 1. The highest BCUT2D eigenvalue weighted by atomic mass is 35.5. The second-order valence-electron chi connectivity index (χ2n) is 9.86. The average Bonchev–Trinajstić information content (AvgIpc) is 3.18. The Morgan fingerprint density at radius 1 is 1.00 bits per heavy atom. The first kappa shape index (κ1) is 29.3. The minimum absolute atomic E-state index is 0.0698. The zero-order chi connectivity index (χ0) is 26.5. The van der Waals surface area contributed by atoms with Gasteiger partial charge in [0.2, 0.25) is 0 Å². The largest absolute Gasteiger partial charge is 0.508 e. The van der Waals surface area contributed by atoms with Crippen molar-refractivity contribution in [2.24, 2.45) is 10.9 Å². The molecule has 1 aliphatic heterocycles. The van der Waals surface area contributed by atoms with E-state index in [1.807, 2.05) is 6.92 Å². The van der Waals surface area contributed by atoms with E-state index in [2.05, 4.69) is 4.99 Å². The number of amidine groups is 1. The van der Waals surface area contributed by atoms with Crippen LogP contribution in [0.2, 0.25) is 0 Å². The normalized spacial score (nSPS) is 21.0. The predicted octanol–water partition coefficient (Wildman–Crippen LogP) is 5.73. The van der Waals surface area contributed by atoms with Crippen molar-refractivity contribution in [3.63, 3.8) is 0 Å². The number of benzene rings is 1. The molecule has 0 unspecified atom stereocenters. The number of aromatic hydroxyl groups is 1. The van der Waals surface area contributed by atoms with Gasteiger partial charge in [0.25, 0.3) is 5.91 Å². The minimum Gasteiger partial charge on any atom is -0.508 e. The first-order chi connectivity index (χ1) is 18.0. The first-order valence-corrected chi connectivity index (χ1v) is 14.2. The Balaban J connectivity index is 1.29. The molecule has 0 spiro atoms. The van der Waals surface area contributed by atoms with Gasteiger partial charge in [0.1, 0.15) is 23.1 Å². The summed E-state index contributed by atoms with van der Waals surface area (Å²) in [6, 6.07) is 6.77. The molecule has 1 fully saturated rings. The van der Waals surface area contributed by atoms with Crippen LogP contribution in [0, 0.1) is 5.92 Å². The van der Waals surface area contributed by atoms with Gasteiger partial charge in [-0.1, -0.05) is 25.0 Å². The number of hydrogen-bond acceptors (Lipinski definition) is 6. The number of alkyl halides is 1. The summed E-state index contributed by atoms with van der Waals surface area (Å²) >= 11 is 5.66. The summed E-state index contributed by atoms with van der Waals surface area (Å²) in [4.78, 5) is 32.0. The lowest BCUT2D eigenvalue weighted by atomic mass is 9.81. The Morgan fingerprint density at radius 3 is 2.32 bits per heavy atom. The van der Waals surface area contributed by atoms with Crippen molar-refractivity contribution in [2.45, 2.75) is 77.2 Å². The van der Waals surface area contributed by atoms with Crippen LogP contribution >= 0.6 is 11.6 Å². The second kappa shape index (κ2) is 15.9. The highest BCUT2D eigenvalue weighted by molar-refractivity contribution is 6.17. The van der Waals surface area contributed by atoms with E-state index in [0.29, 0.717) is 43.6 Å². The van der Waals surface area contributed by atoms with Crippen molar-refractivity contribution in [2.75, 3.05) is 32.3 Å². The minimum atomic E-state index is -0.0900. The molecule has 1 heterocycles. The van der Waals surface area contributed by atoms with E-state index in [-0.39, 0.29) is 23.6 Å². The zero-order valence-corrected chi connectivity index (χ0v) is 22.8. The molecule has 0 saturated heterocycles. The number of phenols is 1. The molecule has 0 radical (unpaired) electrons. The highest BCUT2D eigenvalue weighted by Crippen LogP contribution is 2.32. The molecular formula is C29H41ClN2O5. The van der Waals surface area contributed by atoms with Gasteiger partial charge in [-0.15, -0.1) is 11.6 Å². The maximum atomic E-state index is 13.0. The lowest BCUT2D eigenvalue weighted by molar-refractivity contribution is -0.126. The van der Waals surface area contributed by atoms with Crippen molar-refractivity contribution in [1.29, 1.82) is 0 Å². The Labute approximate surface area is 225 Å². The summed E-state index contributed by atoms with van der Waals surface area (Å²) in [5, 5.41) is 9.46. The predicted molar refractivity (Wildman–Crippen MR) is 147 cm³/mol. The molecule has 1 N–H and O–H groups in total. The summed E-state index contributed by atoms with van der Waals surface area (Å²) in [5.74, 6) is 1.91. The molecule has 2 aliphatic rings. The van der Waals surface area contributed by atoms with Crippen LogP contribution in [-0.2, 0) is 19.1 Å². The third-order valence-electron chi connectivity index (χ3n) is 7.04. The molecule has 0 atom stereocenters. The fraction of sp³-hybridized carbons (Fsp3) is 0.621. The molecule has 0 aromatic heterocycles. The fourth-order valence-corrected chi connectivity index (χ4v) is 5.17. The second-order valence-corrected chi connectivity index (χ2v) is 10.2. The van der Waals surface area contributed by atoms with Crippen molar-refractivity contribution >= 4 is 35.2 Å². The number of carbonyl (C=O) groups excluding carboxylic acids is 2. The van der Waals surface area contributed by atoms with Crippen molar-refractivity contribution in [3.8, 4) is 5.75 Å². The van der Waals surface area contributed by atoms with Crippen molar-refractivity contribution in [3.05, 3.63) is 35.5 Å². The molecule has 1 saturated carbocycles. The fourth-order valence-electron chi connectivity index (χ4n) is 4.98. The number of hydrogen-bond donors (Lipinski definition) is 1. The van der Waals surface area contributed by atoms with E-state index >= 15 is 0 Å². The molecule has 1 aliphatic carbocycles. The van der Waals surface area contributed by atoms with Crippen LogP contribution in [-0.4, -0.2) is 65.9 Å². The van der Waals surface area contributed by atoms with Gasteiger partial charge in [-0.2, -0.15) is 0 Å². The number of ether oxygens (including phenoxy) is 2. The van der Waals surface area contributed by atoms with Crippen LogP contribution in [0.5, 0.6) is 5.75 Å². The van der Waals surface area contributed by atoms with Gasteiger partial charge in [0.15, 0.2) is 0 Å². The monoisotopic (exact) mass is 532 g/mol. The van der Waals surface area contributed by atoms with Crippen LogP contribution < -0.4 is 0 Å². The number of aliphatic imine (C=N–C) groups is 1. The number of carbonyl (C=O) groups is 2. The van der Waals surface area contributed by atoms with Gasteiger partial charge in [-0.05, 0) is 75.6 Å². The Bertz CT molecular complexity index is 923. The quantitative estimate of drug-likeness (QED) is 0.167. The molecular weight excluding hydrogens is 492 g/mol. The maximum absolute atomic E-state index is 13.0. The Morgan fingerprint density at radius 2 is 1.65 bits per heavy atom. The molecule has 3 rings (SSSR count). The van der Waals surface area contributed by atoms with Gasteiger partial charge in [0.05, 0.1) is 13.2 Å². The first-order valence-electron chi connectivity index (χ1n) is 13.6. The summed E-state index contributed by atoms with van der Waals surface area (Å²) in [5.41, 5.74) is 1.23. The molecule has 204 valence electrons. The third kappa shape index (κ3) is 9.55. The van der Waals surface area contributed by atoms with Crippen molar-refractivity contribution in [1.82, 2.24) is 4.90 Å². The van der Waals surface area contributed by atoms with Gasteiger partial charge in [-0.3, -0.25) is 14.5 Å². The maximum Gasteiger partial charge on any atom is 0.278 e. The molecule has 1 aromatic carbocycles. The van der Waals surface area contributed by atoms with Gasteiger partial charge >= 0.3 is 0 Å². The van der Waals surface area contributed by atoms with E-state index in [9.17, 15) is 14.7 Å². The van der Waals surface area contributed by atoms with E-state index in [1.54, 1.807) is 35.2 Å². The summed E-state index contributed by atoms with van der Waals surface area (Å²) < 4.78 is 11.2. The molecule has 7 nitrogen and oxygen atoms in total. The molecule has 37 heavy (non-hydrogen) atoms. The smallest absolute Gasteiger partial charge is 0.278 e. The molecule has 0 bridgehead atoms. The molecule has 8 heteroatoms. The summed E-state index contributed by atoms with van der Waals surface area (Å²) in [7, 11) is 0. The SMILES string of the molecule is CC1=N/C(=C\c2ccc(O)cc2)C(=O)N1C1CCC(C(=O)CCCOCCOCCCCCCCl)CC1. The van der Waals surface area contributed by atoms with Crippen LogP contribution in [0.1, 0.15) is 76.7 Å². The summed E-state index contributed by atoms with van der Waals surface area (Å²) in [6.07, 6.45) is 10.7.